The van der Waals surface area contributed by atoms with Gasteiger partial charge in [-0.1, -0.05) is 70.2 Å². The Morgan fingerprint density at radius 3 is 2.42 bits per heavy atom. The standard InChI is InChI=1S/C20H15BrN2OS2/c1-26(24)13-25-20-18(12-22)17(14-5-3-2-4-6-14)11-19(23-20)15-7-9-16(21)10-8-15/h2-11H,13H2,1H3. The van der Waals surface area contributed by atoms with E-state index >= 15 is 0 Å². The summed E-state index contributed by atoms with van der Waals surface area (Å²) < 4.78 is 12.5. The van der Waals surface area contributed by atoms with Crippen LogP contribution >= 0.6 is 27.7 Å². The van der Waals surface area contributed by atoms with Crippen molar-refractivity contribution in [2.75, 3.05) is 11.3 Å². The topological polar surface area (TPSA) is 53.8 Å². The summed E-state index contributed by atoms with van der Waals surface area (Å²) in [5.41, 5.74) is 4.08. The van der Waals surface area contributed by atoms with Crippen molar-refractivity contribution in [3.05, 3.63) is 70.7 Å². The Hall–Kier alpha value is -1.94. The van der Waals surface area contributed by atoms with Crippen LogP contribution in [0.15, 0.2) is 70.2 Å². The highest BCUT2D eigenvalue weighted by molar-refractivity contribution is 9.10. The van der Waals surface area contributed by atoms with Crippen molar-refractivity contribution in [2.45, 2.75) is 5.03 Å². The van der Waals surface area contributed by atoms with Crippen molar-refractivity contribution in [3.8, 4) is 28.5 Å². The third-order valence-corrected chi connectivity index (χ3v) is 6.58. The van der Waals surface area contributed by atoms with Gasteiger partial charge in [-0.25, -0.2) is 4.98 Å². The molecule has 0 bridgehead atoms. The van der Waals surface area contributed by atoms with Crippen LogP contribution in [0.5, 0.6) is 0 Å². The minimum atomic E-state index is -0.974. The van der Waals surface area contributed by atoms with Gasteiger partial charge in [-0.15, -0.1) is 0 Å². The molecule has 0 saturated carbocycles. The van der Waals surface area contributed by atoms with E-state index in [1.807, 2.05) is 60.7 Å². The number of hydrogen-bond acceptors (Lipinski definition) is 4. The molecule has 3 aromatic rings. The summed E-state index contributed by atoms with van der Waals surface area (Å²) in [6.45, 7) is 0. The van der Waals surface area contributed by atoms with Gasteiger partial charge in [0.15, 0.2) is 0 Å². The first kappa shape index (κ1) is 18.8. The second kappa shape index (κ2) is 8.63. The molecule has 0 aliphatic carbocycles. The Morgan fingerprint density at radius 2 is 1.81 bits per heavy atom. The van der Waals surface area contributed by atoms with Gasteiger partial charge in [-0.2, -0.15) is 5.26 Å². The maximum atomic E-state index is 11.5. The molecule has 0 fully saturated rings. The summed E-state index contributed by atoms with van der Waals surface area (Å²) in [4.78, 5) is 4.69. The fourth-order valence-electron chi connectivity index (χ4n) is 2.49. The maximum absolute atomic E-state index is 11.5. The number of pyridine rings is 1. The summed E-state index contributed by atoms with van der Waals surface area (Å²) in [5.74, 6) is 0. The lowest BCUT2D eigenvalue weighted by molar-refractivity contribution is 0.689. The molecule has 1 atom stereocenters. The third kappa shape index (κ3) is 4.42. The molecule has 26 heavy (non-hydrogen) atoms. The molecule has 1 heterocycles. The summed E-state index contributed by atoms with van der Waals surface area (Å²) >= 11 is 4.80. The lowest BCUT2D eigenvalue weighted by Crippen LogP contribution is -1.98. The monoisotopic (exact) mass is 442 g/mol. The van der Waals surface area contributed by atoms with Gasteiger partial charge in [0.25, 0.3) is 0 Å². The van der Waals surface area contributed by atoms with Gasteiger partial charge in [-0.3, -0.25) is 4.21 Å². The largest absolute Gasteiger partial charge is 0.259 e. The van der Waals surface area contributed by atoms with E-state index in [0.29, 0.717) is 15.7 Å². The predicted molar refractivity (Wildman–Crippen MR) is 112 cm³/mol. The van der Waals surface area contributed by atoms with E-state index in [0.717, 1.165) is 26.9 Å². The Kier molecular flexibility index (Phi) is 6.25. The number of benzene rings is 2. The number of hydrogen-bond donors (Lipinski definition) is 0. The van der Waals surface area contributed by atoms with Crippen molar-refractivity contribution in [3.63, 3.8) is 0 Å². The molecule has 1 aromatic heterocycles. The lowest BCUT2D eigenvalue weighted by atomic mass is 9.99. The Morgan fingerprint density at radius 1 is 1.12 bits per heavy atom. The summed E-state index contributed by atoms with van der Waals surface area (Å²) in [6, 6.07) is 21.9. The average molecular weight is 443 g/mol. The van der Waals surface area contributed by atoms with Gasteiger partial charge < -0.3 is 0 Å². The Balaban J connectivity index is 2.19. The summed E-state index contributed by atoms with van der Waals surface area (Å²) in [5, 5.41) is 10.8. The second-order valence-corrected chi connectivity index (χ2v) is 9.24. The number of rotatable bonds is 5. The van der Waals surface area contributed by atoms with Crippen LogP contribution < -0.4 is 0 Å². The van der Waals surface area contributed by atoms with Crippen LogP contribution in [-0.4, -0.2) is 20.5 Å². The zero-order valence-electron chi connectivity index (χ0n) is 14.0. The average Bonchev–Trinajstić information content (AvgIpc) is 2.66. The van der Waals surface area contributed by atoms with Gasteiger partial charge in [0.2, 0.25) is 0 Å². The zero-order valence-corrected chi connectivity index (χ0v) is 17.2. The maximum Gasteiger partial charge on any atom is 0.116 e. The van der Waals surface area contributed by atoms with Crippen LogP contribution in [0.25, 0.3) is 22.4 Å². The molecule has 0 N–H and O–H groups in total. The molecule has 3 rings (SSSR count). The number of thioether (sulfide) groups is 1. The second-order valence-electron chi connectivity index (χ2n) is 5.56. The van der Waals surface area contributed by atoms with Gasteiger partial charge in [0.05, 0.1) is 16.3 Å². The van der Waals surface area contributed by atoms with Gasteiger partial charge in [0.1, 0.15) is 11.1 Å². The number of halogens is 1. The molecule has 3 nitrogen and oxygen atoms in total. The molecule has 0 aliphatic heterocycles. The molecule has 2 aromatic carbocycles. The third-order valence-electron chi connectivity index (χ3n) is 3.68. The molecule has 1 unspecified atom stereocenters. The first-order chi connectivity index (χ1) is 12.6. The van der Waals surface area contributed by atoms with Crippen LogP contribution in [0, 0.1) is 11.3 Å². The van der Waals surface area contributed by atoms with Crippen molar-refractivity contribution in [1.82, 2.24) is 4.98 Å². The first-order valence-corrected chi connectivity index (χ1v) is 11.3. The van der Waals surface area contributed by atoms with Gasteiger partial charge in [-0.05, 0) is 23.8 Å². The van der Waals surface area contributed by atoms with Crippen LogP contribution in [0.4, 0.5) is 0 Å². The van der Waals surface area contributed by atoms with Gasteiger partial charge in [0, 0.05) is 32.7 Å². The molecule has 130 valence electrons. The van der Waals surface area contributed by atoms with Crippen LogP contribution in [0.1, 0.15) is 5.56 Å². The molecule has 6 heteroatoms. The minimum absolute atomic E-state index is 0.402. The molecule has 0 radical (unpaired) electrons. The quantitative estimate of drug-likeness (QED) is 0.490. The Labute approximate surface area is 168 Å². The fraction of sp³-hybridized carbons (Fsp3) is 0.100. The SMILES string of the molecule is CS(=O)CSc1nc(-c2ccc(Br)cc2)cc(-c2ccccc2)c1C#N. The van der Waals surface area contributed by atoms with E-state index in [1.165, 1.54) is 11.8 Å². The van der Waals surface area contributed by atoms with E-state index in [9.17, 15) is 9.47 Å². The van der Waals surface area contributed by atoms with Crippen LogP contribution in [-0.2, 0) is 10.8 Å². The van der Waals surface area contributed by atoms with E-state index in [4.69, 9.17) is 4.98 Å². The number of nitrogens with zero attached hydrogens (tertiary/aromatic N) is 2. The van der Waals surface area contributed by atoms with Crippen molar-refractivity contribution in [2.24, 2.45) is 0 Å². The highest BCUT2D eigenvalue weighted by atomic mass is 79.9. The molecular formula is C20H15BrN2OS2. The molecule has 0 amide bonds. The van der Waals surface area contributed by atoms with Crippen LogP contribution in [0.2, 0.25) is 0 Å². The molecule has 0 saturated heterocycles. The smallest absolute Gasteiger partial charge is 0.116 e. The summed E-state index contributed by atoms with van der Waals surface area (Å²) in [7, 11) is -0.974. The van der Waals surface area contributed by atoms with E-state index in [-0.39, 0.29) is 0 Å². The normalized spacial score (nSPS) is 11.7. The van der Waals surface area contributed by atoms with E-state index < -0.39 is 10.8 Å². The Bertz CT molecular complexity index is 983. The first-order valence-electron chi connectivity index (χ1n) is 7.78. The van der Waals surface area contributed by atoms with E-state index in [2.05, 4.69) is 22.0 Å². The molecule has 0 spiro atoms. The summed E-state index contributed by atoms with van der Waals surface area (Å²) in [6.07, 6.45) is 1.65. The minimum Gasteiger partial charge on any atom is -0.259 e. The highest BCUT2D eigenvalue weighted by Gasteiger charge is 2.16. The van der Waals surface area contributed by atoms with Crippen molar-refractivity contribution in [1.29, 1.82) is 5.26 Å². The number of aromatic nitrogens is 1. The fourth-order valence-corrected chi connectivity index (χ4v) is 4.32. The van der Waals surface area contributed by atoms with Crippen molar-refractivity contribution < 1.29 is 4.21 Å². The molecular weight excluding hydrogens is 428 g/mol. The van der Waals surface area contributed by atoms with Crippen LogP contribution in [0.3, 0.4) is 0 Å². The molecule has 0 aliphatic rings. The highest BCUT2D eigenvalue weighted by Crippen LogP contribution is 2.34. The van der Waals surface area contributed by atoms with E-state index in [1.54, 1.807) is 6.26 Å². The van der Waals surface area contributed by atoms with Crippen molar-refractivity contribution >= 4 is 38.5 Å². The predicted octanol–water partition coefficient (Wildman–Crippen LogP) is 5.48. The lowest BCUT2D eigenvalue weighted by Gasteiger charge is -2.12. The van der Waals surface area contributed by atoms with Gasteiger partial charge >= 0.3 is 0 Å². The number of nitriles is 1. The zero-order chi connectivity index (χ0) is 18.5.